The molecule has 1 atom stereocenters. The van der Waals surface area contributed by atoms with Crippen LogP contribution in [0.25, 0.3) is 0 Å². The number of ether oxygens (including phenoxy) is 3. The second-order valence-electron chi connectivity index (χ2n) is 8.97. The molecule has 0 aliphatic carbocycles. The minimum atomic E-state index is -0.961. The van der Waals surface area contributed by atoms with Gasteiger partial charge in [-0.05, 0) is 53.1 Å². The Morgan fingerprint density at radius 3 is 2.26 bits per heavy atom. The van der Waals surface area contributed by atoms with Gasteiger partial charge in [0.05, 0.1) is 0 Å². The van der Waals surface area contributed by atoms with Gasteiger partial charge in [-0.25, -0.2) is 4.39 Å². The highest BCUT2D eigenvalue weighted by Crippen LogP contribution is 2.32. The zero-order chi connectivity index (χ0) is 27.0. The van der Waals surface area contributed by atoms with Crippen LogP contribution in [-0.2, 0) is 22.7 Å². The minimum Gasteiger partial charge on any atom is -0.484 e. The molecule has 0 saturated heterocycles. The predicted molar refractivity (Wildman–Crippen MR) is 142 cm³/mol. The van der Waals surface area contributed by atoms with Crippen LogP contribution in [0.2, 0.25) is 0 Å². The first-order valence-corrected chi connectivity index (χ1v) is 12.5. The number of amides is 2. The zero-order valence-electron chi connectivity index (χ0n) is 21.1. The molecule has 1 heterocycles. The molecule has 1 N–H and O–H groups in total. The normalized spacial score (nSPS) is 12.4. The Morgan fingerprint density at radius 2 is 1.51 bits per heavy atom. The van der Waals surface area contributed by atoms with Gasteiger partial charge in [-0.2, -0.15) is 0 Å². The lowest BCUT2D eigenvalue weighted by atomic mass is 10.0. The number of hydrogen-bond donors (Lipinski definition) is 1. The van der Waals surface area contributed by atoms with Gasteiger partial charge in [0, 0.05) is 13.1 Å². The second-order valence-corrected chi connectivity index (χ2v) is 8.97. The van der Waals surface area contributed by atoms with Gasteiger partial charge >= 0.3 is 0 Å². The third-order valence-electron chi connectivity index (χ3n) is 6.27. The Balaban J connectivity index is 1.41. The van der Waals surface area contributed by atoms with Crippen molar-refractivity contribution in [3.63, 3.8) is 0 Å². The molecule has 39 heavy (non-hydrogen) atoms. The number of carbonyl (C=O) groups excluding carboxylic acids is 2. The van der Waals surface area contributed by atoms with E-state index in [4.69, 9.17) is 14.2 Å². The van der Waals surface area contributed by atoms with Gasteiger partial charge in [0.15, 0.2) is 18.1 Å². The van der Waals surface area contributed by atoms with Crippen molar-refractivity contribution in [2.45, 2.75) is 19.1 Å². The molecule has 1 aliphatic heterocycles. The van der Waals surface area contributed by atoms with E-state index < -0.39 is 11.9 Å². The van der Waals surface area contributed by atoms with Crippen molar-refractivity contribution >= 4 is 11.8 Å². The Kier molecular flexibility index (Phi) is 8.02. The minimum absolute atomic E-state index is 0.0776. The van der Waals surface area contributed by atoms with Crippen molar-refractivity contribution in [1.82, 2.24) is 10.2 Å². The van der Waals surface area contributed by atoms with E-state index in [-0.39, 0.29) is 38.2 Å². The van der Waals surface area contributed by atoms with Crippen LogP contribution < -0.4 is 19.5 Å². The van der Waals surface area contributed by atoms with E-state index in [9.17, 15) is 14.0 Å². The SMILES string of the molecule is O=C(NCc1ccc2c(c1)OCO2)C(c1ccccc1)N(Cc1ccc(F)cc1)C(=O)COc1ccccc1. The van der Waals surface area contributed by atoms with Gasteiger partial charge in [0.2, 0.25) is 12.7 Å². The summed E-state index contributed by atoms with van der Waals surface area (Å²) >= 11 is 0. The second kappa shape index (κ2) is 12.1. The fourth-order valence-corrected chi connectivity index (χ4v) is 4.30. The summed E-state index contributed by atoms with van der Waals surface area (Å²) < 4.78 is 30.1. The monoisotopic (exact) mass is 526 g/mol. The molecular formula is C31H27FN2O5. The fraction of sp³-hybridized carbons (Fsp3) is 0.161. The topological polar surface area (TPSA) is 77.1 Å². The lowest BCUT2D eigenvalue weighted by Gasteiger charge is -2.31. The third-order valence-corrected chi connectivity index (χ3v) is 6.27. The first-order valence-electron chi connectivity index (χ1n) is 12.5. The van der Waals surface area contributed by atoms with Crippen LogP contribution in [0.15, 0.2) is 103 Å². The summed E-state index contributed by atoms with van der Waals surface area (Å²) in [7, 11) is 0. The summed E-state index contributed by atoms with van der Waals surface area (Å²) in [5, 5.41) is 2.96. The number of nitrogens with one attached hydrogen (secondary N) is 1. The molecule has 5 rings (SSSR count). The third kappa shape index (κ3) is 6.54. The van der Waals surface area contributed by atoms with Gasteiger partial charge in [0.25, 0.3) is 5.91 Å². The number of para-hydroxylation sites is 1. The molecule has 0 spiro atoms. The standard InChI is InChI=1S/C31H27FN2O5/c32-25-14-11-22(12-15-25)19-34(29(35)20-37-26-9-5-2-6-10-26)30(24-7-3-1-4-8-24)31(36)33-18-23-13-16-27-28(17-23)39-21-38-27/h1-17,30H,18-21H2,(H,33,36). The van der Waals surface area contributed by atoms with Crippen LogP contribution in [0.5, 0.6) is 17.2 Å². The molecule has 4 aromatic rings. The van der Waals surface area contributed by atoms with Crippen molar-refractivity contribution in [2.24, 2.45) is 0 Å². The van der Waals surface area contributed by atoms with Gasteiger partial charge in [-0.1, -0.05) is 66.7 Å². The van der Waals surface area contributed by atoms with Crippen molar-refractivity contribution in [3.8, 4) is 17.2 Å². The Labute approximate surface area is 225 Å². The molecule has 198 valence electrons. The van der Waals surface area contributed by atoms with Crippen molar-refractivity contribution in [3.05, 3.63) is 126 Å². The van der Waals surface area contributed by atoms with E-state index in [0.717, 1.165) is 5.56 Å². The highest BCUT2D eigenvalue weighted by atomic mass is 19.1. The van der Waals surface area contributed by atoms with Crippen LogP contribution in [0, 0.1) is 5.82 Å². The van der Waals surface area contributed by atoms with E-state index in [1.807, 2.05) is 48.5 Å². The first kappa shape index (κ1) is 25.8. The molecule has 2 amide bonds. The number of rotatable bonds is 10. The van der Waals surface area contributed by atoms with Crippen molar-refractivity contribution in [1.29, 1.82) is 0 Å². The summed E-state index contributed by atoms with van der Waals surface area (Å²) in [4.78, 5) is 28.8. The molecule has 0 aromatic heterocycles. The maximum absolute atomic E-state index is 13.8. The Bertz CT molecular complexity index is 1410. The Hall–Kier alpha value is -4.85. The largest absolute Gasteiger partial charge is 0.484 e. The predicted octanol–water partition coefficient (Wildman–Crippen LogP) is 5.02. The van der Waals surface area contributed by atoms with Crippen LogP contribution in [0.3, 0.4) is 0 Å². The van der Waals surface area contributed by atoms with E-state index in [2.05, 4.69) is 5.32 Å². The van der Waals surface area contributed by atoms with Crippen molar-refractivity contribution < 1.29 is 28.2 Å². The average molecular weight is 527 g/mol. The average Bonchev–Trinajstić information content (AvgIpc) is 3.45. The number of hydrogen-bond acceptors (Lipinski definition) is 5. The van der Waals surface area contributed by atoms with E-state index in [1.165, 1.54) is 17.0 Å². The fourth-order valence-electron chi connectivity index (χ4n) is 4.30. The van der Waals surface area contributed by atoms with Crippen LogP contribution in [-0.4, -0.2) is 30.1 Å². The smallest absolute Gasteiger partial charge is 0.261 e. The molecule has 0 radical (unpaired) electrons. The van der Waals surface area contributed by atoms with Crippen LogP contribution >= 0.6 is 0 Å². The molecule has 4 aromatic carbocycles. The number of halogens is 1. The maximum Gasteiger partial charge on any atom is 0.261 e. The number of fused-ring (bicyclic) bond motifs is 1. The lowest BCUT2D eigenvalue weighted by molar-refractivity contribution is -0.143. The van der Waals surface area contributed by atoms with E-state index in [0.29, 0.717) is 28.4 Å². The van der Waals surface area contributed by atoms with E-state index in [1.54, 1.807) is 42.5 Å². The molecule has 0 bridgehead atoms. The zero-order valence-corrected chi connectivity index (χ0v) is 21.1. The summed E-state index contributed by atoms with van der Waals surface area (Å²) in [6, 6.07) is 28.4. The van der Waals surface area contributed by atoms with E-state index >= 15 is 0 Å². The summed E-state index contributed by atoms with van der Waals surface area (Å²) in [5.41, 5.74) is 2.13. The molecule has 1 aliphatic rings. The number of benzene rings is 4. The summed E-state index contributed by atoms with van der Waals surface area (Å²) in [6.07, 6.45) is 0. The van der Waals surface area contributed by atoms with Crippen molar-refractivity contribution in [2.75, 3.05) is 13.4 Å². The molecule has 1 unspecified atom stereocenters. The van der Waals surface area contributed by atoms with Gasteiger partial charge in [-0.3, -0.25) is 9.59 Å². The van der Waals surface area contributed by atoms with Gasteiger partial charge < -0.3 is 24.4 Å². The first-order chi connectivity index (χ1) is 19.1. The highest BCUT2D eigenvalue weighted by molar-refractivity contribution is 5.89. The van der Waals surface area contributed by atoms with Crippen LogP contribution in [0.4, 0.5) is 4.39 Å². The maximum atomic E-state index is 13.8. The Morgan fingerprint density at radius 1 is 0.846 bits per heavy atom. The molecule has 7 nitrogen and oxygen atoms in total. The van der Waals surface area contributed by atoms with Gasteiger partial charge in [0.1, 0.15) is 17.6 Å². The molecule has 0 fully saturated rings. The van der Waals surface area contributed by atoms with Crippen LogP contribution in [0.1, 0.15) is 22.7 Å². The molecule has 0 saturated carbocycles. The summed E-state index contributed by atoms with van der Waals surface area (Å²) in [5.74, 6) is 0.666. The summed E-state index contributed by atoms with van der Waals surface area (Å²) in [6.45, 7) is 0.183. The highest BCUT2D eigenvalue weighted by Gasteiger charge is 2.32. The number of carbonyl (C=O) groups is 2. The molecular weight excluding hydrogens is 499 g/mol. The molecule has 8 heteroatoms. The van der Waals surface area contributed by atoms with Gasteiger partial charge in [-0.15, -0.1) is 0 Å². The lowest BCUT2D eigenvalue weighted by Crippen LogP contribution is -2.45. The number of nitrogens with zero attached hydrogens (tertiary/aromatic N) is 1. The quantitative estimate of drug-likeness (QED) is 0.314.